The Kier molecular flexibility index (Phi) is 3.48. The van der Waals surface area contributed by atoms with Gasteiger partial charge in [-0.2, -0.15) is 13.2 Å². The van der Waals surface area contributed by atoms with E-state index in [9.17, 15) is 13.2 Å². The van der Waals surface area contributed by atoms with E-state index in [0.29, 0.717) is 11.4 Å². The number of hydrogen-bond donors (Lipinski definition) is 1. The number of alkyl halides is 3. The van der Waals surface area contributed by atoms with Crippen molar-refractivity contribution in [1.82, 2.24) is 4.98 Å². The third kappa shape index (κ3) is 2.62. The van der Waals surface area contributed by atoms with Crippen LogP contribution in [0.4, 0.5) is 19.0 Å². The van der Waals surface area contributed by atoms with Crippen LogP contribution in [0.2, 0.25) is 0 Å². The summed E-state index contributed by atoms with van der Waals surface area (Å²) in [5.41, 5.74) is 1.64. The number of halogens is 3. The zero-order valence-electron chi connectivity index (χ0n) is 11.8. The van der Waals surface area contributed by atoms with Crippen LogP contribution in [0, 0.1) is 0 Å². The number of aromatic nitrogens is 1. The van der Waals surface area contributed by atoms with Gasteiger partial charge >= 0.3 is 6.18 Å². The molecule has 1 N–H and O–H groups in total. The summed E-state index contributed by atoms with van der Waals surface area (Å²) >= 11 is 0. The summed E-state index contributed by atoms with van der Waals surface area (Å²) in [4.78, 5) is 4.51. The normalized spacial score (nSPS) is 11.6. The molecular formula is C17H13F3N2. The summed E-state index contributed by atoms with van der Waals surface area (Å²) in [6.45, 7) is 0. The second-order valence-electron chi connectivity index (χ2n) is 4.90. The molecule has 0 bridgehead atoms. The van der Waals surface area contributed by atoms with Gasteiger partial charge in [0.2, 0.25) is 0 Å². The summed E-state index contributed by atoms with van der Waals surface area (Å²) in [6, 6.07) is 14.7. The molecule has 0 saturated carbocycles. The molecule has 0 amide bonds. The van der Waals surface area contributed by atoms with E-state index in [2.05, 4.69) is 10.3 Å². The van der Waals surface area contributed by atoms with E-state index in [1.165, 1.54) is 12.1 Å². The first kappa shape index (κ1) is 14.4. The van der Waals surface area contributed by atoms with Gasteiger partial charge in [0.1, 0.15) is 5.82 Å². The van der Waals surface area contributed by atoms with E-state index in [0.717, 1.165) is 28.6 Å². The summed E-state index contributed by atoms with van der Waals surface area (Å²) in [5.74, 6) is 0.637. The molecule has 3 rings (SSSR count). The lowest BCUT2D eigenvalue weighted by Gasteiger charge is -2.12. The molecule has 2 aromatic carbocycles. The molecule has 0 atom stereocenters. The monoisotopic (exact) mass is 302 g/mol. The smallest absolute Gasteiger partial charge is 0.373 e. The Labute approximate surface area is 125 Å². The summed E-state index contributed by atoms with van der Waals surface area (Å²) < 4.78 is 38.0. The van der Waals surface area contributed by atoms with Crippen LogP contribution in [0.3, 0.4) is 0 Å². The third-order valence-corrected chi connectivity index (χ3v) is 3.48. The molecule has 3 aromatic rings. The van der Waals surface area contributed by atoms with Crippen molar-refractivity contribution in [3.63, 3.8) is 0 Å². The predicted molar refractivity (Wildman–Crippen MR) is 81.7 cm³/mol. The van der Waals surface area contributed by atoms with E-state index in [-0.39, 0.29) is 0 Å². The van der Waals surface area contributed by atoms with Crippen LogP contribution < -0.4 is 5.32 Å². The van der Waals surface area contributed by atoms with Crippen molar-refractivity contribution in [3.8, 4) is 11.1 Å². The first-order valence-corrected chi connectivity index (χ1v) is 6.74. The quantitative estimate of drug-likeness (QED) is 0.723. The Balaban J connectivity index is 2.12. The molecule has 0 radical (unpaired) electrons. The van der Waals surface area contributed by atoms with Crippen LogP contribution in [0.5, 0.6) is 0 Å². The standard InChI is InChI=1S/C17H13F3N2/c1-21-16-14(10-12-4-2-3-5-15(12)22-16)11-6-8-13(9-7-11)17(18,19)20/h2-10H,1H3,(H,21,22). The number of rotatable bonds is 2. The van der Waals surface area contributed by atoms with E-state index in [4.69, 9.17) is 0 Å². The maximum Gasteiger partial charge on any atom is 0.416 e. The first-order chi connectivity index (χ1) is 10.5. The van der Waals surface area contributed by atoms with E-state index < -0.39 is 11.7 Å². The van der Waals surface area contributed by atoms with Gasteiger partial charge in [-0.1, -0.05) is 30.3 Å². The fourth-order valence-corrected chi connectivity index (χ4v) is 2.37. The van der Waals surface area contributed by atoms with Gasteiger partial charge in [0.05, 0.1) is 11.1 Å². The maximum absolute atomic E-state index is 12.7. The lowest BCUT2D eigenvalue weighted by molar-refractivity contribution is -0.137. The Bertz CT molecular complexity index is 808. The van der Waals surface area contributed by atoms with Crippen LogP contribution in [0.1, 0.15) is 5.56 Å². The minimum Gasteiger partial charge on any atom is -0.373 e. The van der Waals surface area contributed by atoms with Gasteiger partial charge < -0.3 is 5.32 Å². The highest BCUT2D eigenvalue weighted by Crippen LogP contribution is 2.33. The first-order valence-electron chi connectivity index (χ1n) is 6.74. The van der Waals surface area contributed by atoms with Crippen LogP contribution in [0.25, 0.3) is 22.0 Å². The van der Waals surface area contributed by atoms with Gasteiger partial charge in [0.15, 0.2) is 0 Å². The largest absolute Gasteiger partial charge is 0.416 e. The second-order valence-corrected chi connectivity index (χ2v) is 4.90. The van der Waals surface area contributed by atoms with Crippen molar-refractivity contribution < 1.29 is 13.2 Å². The third-order valence-electron chi connectivity index (χ3n) is 3.48. The molecule has 1 heterocycles. The topological polar surface area (TPSA) is 24.9 Å². The van der Waals surface area contributed by atoms with Crippen LogP contribution in [-0.2, 0) is 6.18 Å². The lowest BCUT2D eigenvalue weighted by atomic mass is 10.0. The molecule has 0 saturated heterocycles. The molecule has 22 heavy (non-hydrogen) atoms. The van der Waals surface area contributed by atoms with Gasteiger partial charge in [-0.25, -0.2) is 4.98 Å². The highest BCUT2D eigenvalue weighted by molar-refractivity contribution is 5.89. The molecule has 0 spiro atoms. The Morgan fingerprint density at radius 3 is 2.27 bits per heavy atom. The van der Waals surface area contributed by atoms with Crippen LogP contribution in [-0.4, -0.2) is 12.0 Å². The number of anilines is 1. The number of benzene rings is 2. The second kappa shape index (κ2) is 5.33. The number of para-hydroxylation sites is 1. The zero-order valence-corrected chi connectivity index (χ0v) is 11.8. The molecule has 0 fully saturated rings. The maximum atomic E-state index is 12.7. The fraction of sp³-hybridized carbons (Fsp3) is 0.118. The number of nitrogens with zero attached hydrogens (tertiary/aromatic N) is 1. The summed E-state index contributed by atoms with van der Waals surface area (Å²) in [5, 5.41) is 3.94. The van der Waals surface area contributed by atoms with Crippen molar-refractivity contribution in [1.29, 1.82) is 0 Å². The number of fused-ring (bicyclic) bond motifs is 1. The SMILES string of the molecule is CNc1nc2ccccc2cc1-c1ccc(C(F)(F)F)cc1. The zero-order chi connectivity index (χ0) is 15.7. The molecule has 0 unspecified atom stereocenters. The van der Waals surface area contributed by atoms with Gasteiger partial charge in [-0.05, 0) is 29.8 Å². The van der Waals surface area contributed by atoms with Gasteiger partial charge in [-0.15, -0.1) is 0 Å². The van der Waals surface area contributed by atoms with Crippen molar-refractivity contribution in [2.75, 3.05) is 12.4 Å². The van der Waals surface area contributed by atoms with Crippen LogP contribution >= 0.6 is 0 Å². The average molecular weight is 302 g/mol. The van der Waals surface area contributed by atoms with E-state index in [1.54, 1.807) is 7.05 Å². The molecule has 1 aromatic heterocycles. The minimum absolute atomic E-state index is 0.637. The van der Waals surface area contributed by atoms with Crippen LogP contribution in [0.15, 0.2) is 54.6 Å². The van der Waals surface area contributed by atoms with Crippen molar-refractivity contribution in [2.45, 2.75) is 6.18 Å². The lowest BCUT2D eigenvalue weighted by Crippen LogP contribution is -2.04. The minimum atomic E-state index is -4.33. The van der Waals surface area contributed by atoms with Crippen molar-refractivity contribution >= 4 is 16.7 Å². The Morgan fingerprint density at radius 2 is 1.64 bits per heavy atom. The Morgan fingerprint density at radius 1 is 0.955 bits per heavy atom. The van der Waals surface area contributed by atoms with Gasteiger partial charge in [0.25, 0.3) is 0 Å². The summed E-state index contributed by atoms with van der Waals surface area (Å²) in [6.07, 6.45) is -4.33. The molecule has 0 aliphatic carbocycles. The number of hydrogen-bond acceptors (Lipinski definition) is 2. The van der Waals surface area contributed by atoms with E-state index in [1.807, 2.05) is 30.3 Å². The fourth-order valence-electron chi connectivity index (χ4n) is 2.37. The molecule has 2 nitrogen and oxygen atoms in total. The van der Waals surface area contributed by atoms with Crippen molar-refractivity contribution in [3.05, 3.63) is 60.2 Å². The molecule has 0 aliphatic heterocycles. The van der Waals surface area contributed by atoms with E-state index >= 15 is 0 Å². The highest BCUT2D eigenvalue weighted by Gasteiger charge is 2.30. The molecular weight excluding hydrogens is 289 g/mol. The number of nitrogens with one attached hydrogen (secondary N) is 1. The highest BCUT2D eigenvalue weighted by atomic mass is 19.4. The van der Waals surface area contributed by atoms with Gasteiger partial charge in [-0.3, -0.25) is 0 Å². The number of pyridine rings is 1. The molecule has 112 valence electrons. The van der Waals surface area contributed by atoms with Crippen molar-refractivity contribution in [2.24, 2.45) is 0 Å². The average Bonchev–Trinajstić information content (AvgIpc) is 2.53. The summed E-state index contributed by atoms with van der Waals surface area (Å²) in [7, 11) is 1.74. The predicted octanol–water partition coefficient (Wildman–Crippen LogP) is 4.96. The Hall–Kier alpha value is -2.56. The van der Waals surface area contributed by atoms with Gasteiger partial charge in [0, 0.05) is 18.0 Å². The molecule has 0 aliphatic rings. The molecule has 5 heteroatoms.